The lowest BCUT2D eigenvalue weighted by Gasteiger charge is -2.46. The van der Waals surface area contributed by atoms with Crippen molar-refractivity contribution in [2.45, 2.75) is 19.1 Å². The molecule has 130 valence electrons. The summed E-state index contributed by atoms with van der Waals surface area (Å²) in [5.74, 6) is -0.142. The molecule has 0 radical (unpaired) electrons. The van der Waals surface area contributed by atoms with Gasteiger partial charge in [0.2, 0.25) is 0 Å². The van der Waals surface area contributed by atoms with Crippen molar-refractivity contribution < 1.29 is 27.9 Å². The van der Waals surface area contributed by atoms with E-state index in [1.807, 2.05) is 0 Å². The van der Waals surface area contributed by atoms with Gasteiger partial charge in [-0.3, -0.25) is 4.79 Å². The third-order valence-electron chi connectivity index (χ3n) is 4.26. The average Bonchev–Trinajstić information content (AvgIpc) is 2.53. The van der Waals surface area contributed by atoms with Crippen LogP contribution in [0.4, 0.5) is 29.5 Å². The summed E-state index contributed by atoms with van der Waals surface area (Å²) in [6, 6.07) is 0.148. The van der Waals surface area contributed by atoms with E-state index in [0.717, 1.165) is 17.2 Å². The van der Waals surface area contributed by atoms with Crippen molar-refractivity contribution in [3.05, 3.63) is 17.8 Å². The average molecular weight is 344 g/mol. The van der Waals surface area contributed by atoms with E-state index in [2.05, 4.69) is 4.98 Å². The molecule has 1 fully saturated rings. The van der Waals surface area contributed by atoms with Crippen LogP contribution in [0.1, 0.15) is 12.5 Å². The Labute approximate surface area is 135 Å². The van der Waals surface area contributed by atoms with Gasteiger partial charge in [0.25, 0.3) is 5.91 Å². The first-order valence-corrected chi connectivity index (χ1v) is 7.37. The lowest BCUT2D eigenvalue weighted by molar-refractivity contribution is -0.138. The first-order chi connectivity index (χ1) is 11.2. The predicted molar refractivity (Wildman–Crippen MR) is 78.0 cm³/mol. The Morgan fingerprint density at radius 3 is 2.71 bits per heavy atom. The number of carboxylic acid groups (broad SMARTS) is 1. The van der Waals surface area contributed by atoms with Gasteiger partial charge in [-0.05, 0) is 13.0 Å². The third kappa shape index (κ3) is 2.51. The van der Waals surface area contributed by atoms with Gasteiger partial charge in [0.05, 0.1) is 17.8 Å². The fraction of sp³-hybridized carbons (Fsp3) is 0.500. The monoisotopic (exact) mass is 344 g/mol. The number of pyridine rings is 1. The van der Waals surface area contributed by atoms with Gasteiger partial charge < -0.3 is 19.8 Å². The second-order valence-electron chi connectivity index (χ2n) is 5.58. The van der Waals surface area contributed by atoms with E-state index < -0.39 is 29.8 Å². The fourth-order valence-corrected chi connectivity index (χ4v) is 3.07. The molecular weight excluding hydrogens is 329 g/mol. The van der Waals surface area contributed by atoms with Crippen LogP contribution in [0.5, 0.6) is 0 Å². The van der Waals surface area contributed by atoms with Crippen LogP contribution in [0.2, 0.25) is 0 Å². The fourth-order valence-electron chi connectivity index (χ4n) is 3.07. The number of carbonyl (C=O) groups is 2. The van der Waals surface area contributed by atoms with Crippen LogP contribution >= 0.6 is 0 Å². The molecule has 0 aliphatic carbocycles. The highest BCUT2D eigenvalue weighted by Crippen LogP contribution is 2.39. The molecule has 1 atom stereocenters. The number of fused-ring (bicyclic) bond motifs is 3. The minimum atomic E-state index is -4.55. The molecule has 0 unspecified atom stereocenters. The second kappa shape index (κ2) is 5.53. The minimum Gasteiger partial charge on any atom is -0.465 e. The number of amides is 2. The smallest absolute Gasteiger partial charge is 0.417 e. The lowest BCUT2D eigenvalue weighted by Crippen LogP contribution is -2.63. The standard InChI is InChI=1S/C14H15F3N4O3/c1-2-20-9-5-8(14(15,16)17)6-18-11(9)21-4-3-19(13(23)24)7-10(21)12(20)22/h5-6,10H,2-4,7H2,1H3,(H,23,24)/t10-/m0/s1. The maximum Gasteiger partial charge on any atom is 0.417 e. The second-order valence-corrected chi connectivity index (χ2v) is 5.58. The molecule has 1 aromatic rings. The highest BCUT2D eigenvalue weighted by atomic mass is 19.4. The number of carbonyl (C=O) groups excluding carboxylic acids is 1. The van der Waals surface area contributed by atoms with E-state index in [1.54, 1.807) is 11.8 Å². The Kier molecular flexibility index (Phi) is 3.77. The number of aromatic nitrogens is 1. The summed E-state index contributed by atoms with van der Waals surface area (Å²) in [5, 5.41) is 9.10. The van der Waals surface area contributed by atoms with Crippen LogP contribution in [0.15, 0.2) is 12.3 Å². The number of anilines is 2. The van der Waals surface area contributed by atoms with Crippen LogP contribution in [0.3, 0.4) is 0 Å². The van der Waals surface area contributed by atoms with Crippen LogP contribution in [-0.4, -0.2) is 59.2 Å². The number of hydrogen-bond donors (Lipinski definition) is 1. The van der Waals surface area contributed by atoms with Crippen molar-refractivity contribution in [3.63, 3.8) is 0 Å². The quantitative estimate of drug-likeness (QED) is 0.838. The molecule has 7 nitrogen and oxygen atoms in total. The molecule has 1 saturated heterocycles. The molecule has 0 saturated carbocycles. The molecule has 1 aromatic heterocycles. The number of alkyl halides is 3. The van der Waals surface area contributed by atoms with Crippen molar-refractivity contribution in [2.24, 2.45) is 0 Å². The third-order valence-corrected chi connectivity index (χ3v) is 4.26. The van der Waals surface area contributed by atoms with Crippen LogP contribution in [0.25, 0.3) is 0 Å². The van der Waals surface area contributed by atoms with Crippen molar-refractivity contribution in [2.75, 3.05) is 36.0 Å². The molecule has 3 rings (SSSR count). The molecule has 0 bridgehead atoms. The molecule has 2 aliphatic heterocycles. The Hall–Kier alpha value is -2.52. The normalized spacial score (nSPS) is 20.8. The first-order valence-electron chi connectivity index (χ1n) is 7.37. The van der Waals surface area contributed by atoms with E-state index in [0.29, 0.717) is 0 Å². The summed E-state index contributed by atoms with van der Waals surface area (Å²) in [6.45, 7) is 2.15. The maximum atomic E-state index is 12.9. The van der Waals surface area contributed by atoms with Crippen LogP contribution < -0.4 is 9.80 Å². The van der Waals surface area contributed by atoms with Gasteiger partial charge in [-0.25, -0.2) is 9.78 Å². The Morgan fingerprint density at radius 1 is 1.42 bits per heavy atom. The molecule has 1 N–H and O–H groups in total. The summed E-state index contributed by atoms with van der Waals surface area (Å²) >= 11 is 0. The number of halogens is 3. The Bertz CT molecular complexity index is 694. The molecule has 2 aliphatic rings. The summed E-state index contributed by atoms with van der Waals surface area (Å²) in [7, 11) is 0. The van der Waals surface area contributed by atoms with Crippen LogP contribution in [0, 0.1) is 0 Å². The zero-order valence-electron chi connectivity index (χ0n) is 12.7. The topological polar surface area (TPSA) is 77.0 Å². The van der Waals surface area contributed by atoms with Crippen molar-refractivity contribution in [3.8, 4) is 0 Å². The molecule has 0 aromatic carbocycles. The maximum absolute atomic E-state index is 12.9. The summed E-state index contributed by atoms with van der Waals surface area (Å²) < 4.78 is 38.8. The predicted octanol–water partition coefficient (Wildman–Crippen LogP) is 1.64. The largest absolute Gasteiger partial charge is 0.465 e. The van der Waals surface area contributed by atoms with Gasteiger partial charge in [0.15, 0.2) is 5.82 Å². The van der Waals surface area contributed by atoms with Crippen molar-refractivity contribution in [1.82, 2.24) is 9.88 Å². The number of piperazine rings is 1. The first kappa shape index (κ1) is 16.3. The number of rotatable bonds is 1. The SMILES string of the molecule is CCN1C(=O)[C@@H]2CN(C(=O)O)CCN2c2ncc(C(F)(F)F)cc21. The number of hydrogen-bond acceptors (Lipinski definition) is 4. The van der Waals surface area contributed by atoms with Gasteiger partial charge in [0.1, 0.15) is 6.04 Å². The summed E-state index contributed by atoms with van der Waals surface area (Å²) in [5.41, 5.74) is -0.813. The van der Waals surface area contributed by atoms with Gasteiger partial charge >= 0.3 is 12.3 Å². The minimum absolute atomic E-state index is 0.0349. The lowest BCUT2D eigenvalue weighted by atomic mass is 10.0. The molecule has 10 heteroatoms. The summed E-state index contributed by atoms with van der Waals surface area (Å²) in [4.78, 5) is 31.6. The molecule has 2 amide bonds. The van der Waals surface area contributed by atoms with Crippen LogP contribution in [-0.2, 0) is 11.0 Å². The zero-order chi connectivity index (χ0) is 17.6. The summed E-state index contributed by atoms with van der Waals surface area (Å²) in [6.07, 6.45) is -4.94. The molecule has 24 heavy (non-hydrogen) atoms. The van der Waals surface area contributed by atoms with E-state index >= 15 is 0 Å². The number of likely N-dealkylation sites (N-methyl/N-ethyl adjacent to an activating group) is 1. The molecule has 3 heterocycles. The Morgan fingerprint density at radius 2 is 2.12 bits per heavy atom. The van der Waals surface area contributed by atoms with E-state index in [-0.39, 0.29) is 37.7 Å². The molecular formula is C14H15F3N4O3. The van der Waals surface area contributed by atoms with Crippen molar-refractivity contribution in [1.29, 1.82) is 0 Å². The van der Waals surface area contributed by atoms with Gasteiger partial charge in [0, 0.05) is 25.8 Å². The van der Waals surface area contributed by atoms with Gasteiger partial charge in [-0.2, -0.15) is 13.2 Å². The number of nitrogens with zero attached hydrogens (tertiary/aromatic N) is 4. The van der Waals surface area contributed by atoms with Gasteiger partial charge in [-0.15, -0.1) is 0 Å². The van der Waals surface area contributed by atoms with Gasteiger partial charge in [-0.1, -0.05) is 0 Å². The van der Waals surface area contributed by atoms with Crippen molar-refractivity contribution >= 4 is 23.5 Å². The highest BCUT2D eigenvalue weighted by molar-refractivity contribution is 6.05. The van der Waals surface area contributed by atoms with E-state index in [1.165, 1.54) is 4.90 Å². The highest BCUT2D eigenvalue weighted by Gasteiger charge is 2.44. The molecule has 0 spiro atoms. The van der Waals surface area contributed by atoms with E-state index in [9.17, 15) is 22.8 Å². The van der Waals surface area contributed by atoms with E-state index in [4.69, 9.17) is 5.11 Å². The zero-order valence-corrected chi connectivity index (χ0v) is 12.7. The Balaban J connectivity index is 2.04.